The van der Waals surface area contributed by atoms with E-state index < -0.39 is 6.10 Å². The van der Waals surface area contributed by atoms with E-state index in [0.29, 0.717) is 5.56 Å². The molecule has 0 bridgehead atoms. The number of carbonyl (C=O) groups is 1. The van der Waals surface area contributed by atoms with Gasteiger partial charge in [0.25, 0.3) is 0 Å². The molecule has 1 rings (SSSR count). The predicted octanol–water partition coefficient (Wildman–Crippen LogP) is 1.98. The molecular weight excluding hydrogens is 176 g/mol. The molecule has 0 heterocycles. The van der Waals surface area contributed by atoms with Gasteiger partial charge in [-0.15, -0.1) is 6.58 Å². The van der Waals surface area contributed by atoms with Crippen molar-refractivity contribution in [1.29, 1.82) is 0 Å². The third-order valence-electron chi connectivity index (χ3n) is 1.97. The zero-order valence-corrected chi connectivity index (χ0v) is 8.23. The minimum absolute atomic E-state index is 0.240. The summed E-state index contributed by atoms with van der Waals surface area (Å²) in [7, 11) is 0. The van der Waals surface area contributed by atoms with Crippen molar-refractivity contribution in [2.45, 2.75) is 19.4 Å². The van der Waals surface area contributed by atoms with Gasteiger partial charge in [-0.2, -0.15) is 0 Å². The fourth-order valence-corrected chi connectivity index (χ4v) is 1.26. The van der Waals surface area contributed by atoms with E-state index in [-0.39, 0.29) is 5.78 Å². The van der Waals surface area contributed by atoms with Gasteiger partial charge in [0, 0.05) is 5.56 Å². The number of benzene rings is 1. The molecular formula is C12H14O2. The summed E-state index contributed by atoms with van der Waals surface area (Å²) >= 11 is 0. The van der Waals surface area contributed by atoms with Gasteiger partial charge in [-0.25, -0.2) is 0 Å². The SMILES string of the molecule is C=CCc1cccc(C(=O)C(C)O)c1. The van der Waals surface area contributed by atoms with Crippen molar-refractivity contribution in [2.24, 2.45) is 0 Å². The number of aliphatic hydroxyl groups excluding tert-OH is 1. The Labute approximate surface area is 83.9 Å². The molecule has 2 nitrogen and oxygen atoms in total. The van der Waals surface area contributed by atoms with Crippen LogP contribution >= 0.6 is 0 Å². The normalized spacial score (nSPS) is 12.1. The summed E-state index contributed by atoms with van der Waals surface area (Å²) in [5, 5.41) is 9.13. The number of hydrogen-bond acceptors (Lipinski definition) is 2. The zero-order chi connectivity index (χ0) is 10.6. The Bertz CT molecular complexity index is 340. The molecule has 74 valence electrons. The molecule has 0 saturated carbocycles. The molecule has 1 N–H and O–H groups in total. The van der Waals surface area contributed by atoms with Crippen molar-refractivity contribution < 1.29 is 9.90 Å². The van der Waals surface area contributed by atoms with E-state index in [1.54, 1.807) is 18.2 Å². The molecule has 0 spiro atoms. The maximum atomic E-state index is 11.4. The van der Waals surface area contributed by atoms with Crippen LogP contribution in [0.15, 0.2) is 36.9 Å². The van der Waals surface area contributed by atoms with Crippen LogP contribution < -0.4 is 0 Å². The lowest BCUT2D eigenvalue weighted by molar-refractivity contribution is 0.0779. The molecule has 1 unspecified atom stereocenters. The van der Waals surface area contributed by atoms with E-state index in [1.807, 2.05) is 12.1 Å². The fourth-order valence-electron chi connectivity index (χ4n) is 1.26. The molecule has 0 fully saturated rings. The van der Waals surface area contributed by atoms with Crippen LogP contribution in [0.2, 0.25) is 0 Å². The first-order chi connectivity index (χ1) is 6.65. The third-order valence-corrected chi connectivity index (χ3v) is 1.97. The zero-order valence-electron chi connectivity index (χ0n) is 8.23. The van der Waals surface area contributed by atoms with E-state index >= 15 is 0 Å². The van der Waals surface area contributed by atoms with E-state index in [1.165, 1.54) is 6.92 Å². The summed E-state index contributed by atoms with van der Waals surface area (Å²) in [4.78, 5) is 11.4. The largest absolute Gasteiger partial charge is 0.385 e. The van der Waals surface area contributed by atoms with Crippen LogP contribution in [-0.4, -0.2) is 17.0 Å². The van der Waals surface area contributed by atoms with Crippen molar-refractivity contribution in [3.63, 3.8) is 0 Å². The number of ketones is 1. The molecule has 0 aliphatic rings. The minimum atomic E-state index is -0.936. The summed E-state index contributed by atoms with van der Waals surface area (Å²) in [5.74, 6) is -0.240. The lowest BCUT2D eigenvalue weighted by atomic mass is 10.0. The summed E-state index contributed by atoms with van der Waals surface area (Å²) in [6, 6.07) is 7.24. The van der Waals surface area contributed by atoms with E-state index in [9.17, 15) is 4.79 Å². The molecule has 0 amide bonds. The van der Waals surface area contributed by atoms with Crippen molar-refractivity contribution in [1.82, 2.24) is 0 Å². The Kier molecular flexibility index (Phi) is 3.60. The van der Waals surface area contributed by atoms with Crippen LogP contribution in [0, 0.1) is 0 Å². The number of allylic oxidation sites excluding steroid dienone is 1. The Morgan fingerprint density at radius 3 is 2.93 bits per heavy atom. The fraction of sp³-hybridized carbons (Fsp3) is 0.250. The molecule has 0 aromatic heterocycles. The van der Waals surface area contributed by atoms with Gasteiger partial charge in [0.15, 0.2) is 5.78 Å². The highest BCUT2D eigenvalue weighted by Crippen LogP contribution is 2.08. The van der Waals surface area contributed by atoms with Crippen LogP contribution in [0.1, 0.15) is 22.8 Å². The van der Waals surface area contributed by atoms with Gasteiger partial charge in [0.2, 0.25) is 0 Å². The van der Waals surface area contributed by atoms with E-state index in [2.05, 4.69) is 6.58 Å². The smallest absolute Gasteiger partial charge is 0.190 e. The summed E-state index contributed by atoms with van der Waals surface area (Å²) in [5.41, 5.74) is 1.59. The summed E-state index contributed by atoms with van der Waals surface area (Å²) < 4.78 is 0. The standard InChI is InChI=1S/C12H14O2/c1-3-5-10-6-4-7-11(8-10)12(14)9(2)13/h3-4,6-9,13H,1,5H2,2H3. The number of Topliss-reactive ketones (excluding diaryl/α,β-unsaturated/α-hetero) is 1. The number of carbonyl (C=O) groups excluding carboxylic acids is 1. The van der Waals surface area contributed by atoms with Crippen LogP contribution in [0.25, 0.3) is 0 Å². The Morgan fingerprint density at radius 1 is 1.64 bits per heavy atom. The molecule has 1 atom stereocenters. The third kappa shape index (κ3) is 2.54. The maximum absolute atomic E-state index is 11.4. The van der Waals surface area contributed by atoms with Crippen LogP contribution in [0.5, 0.6) is 0 Å². The second-order valence-corrected chi connectivity index (χ2v) is 3.23. The van der Waals surface area contributed by atoms with E-state index in [4.69, 9.17) is 5.11 Å². The quantitative estimate of drug-likeness (QED) is 0.582. The Hall–Kier alpha value is -1.41. The van der Waals surface area contributed by atoms with Crippen molar-refractivity contribution in [3.05, 3.63) is 48.0 Å². The van der Waals surface area contributed by atoms with Gasteiger partial charge in [-0.05, 0) is 25.0 Å². The molecule has 0 aliphatic carbocycles. The first kappa shape index (κ1) is 10.7. The average molecular weight is 190 g/mol. The van der Waals surface area contributed by atoms with Crippen molar-refractivity contribution >= 4 is 5.78 Å². The van der Waals surface area contributed by atoms with Gasteiger partial charge in [0.1, 0.15) is 6.10 Å². The van der Waals surface area contributed by atoms with Gasteiger partial charge in [0.05, 0.1) is 0 Å². The minimum Gasteiger partial charge on any atom is -0.385 e. The van der Waals surface area contributed by atoms with Gasteiger partial charge in [-0.3, -0.25) is 4.79 Å². The van der Waals surface area contributed by atoms with Gasteiger partial charge in [-0.1, -0.05) is 24.3 Å². The van der Waals surface area contributed by atoms with Crippen molar-refractivity contribution in [3.8, 4) is 0 Å². The Morgan fingerprint density at radius 2 is 2.36 bits per heavy atom. The molecule has 0 saturated heterocycles. The van der Waals surface area contributed by atoms with E-state index in [0.717, 1.165) is 12.0 Å². The lowest BCUT2D eigenvalue weighted by Gasteiger charge is -2.04. The Balaban J connectivity index is 2.93. The average Bonchev–Trinajstić information content (AvgIpc) is 2.17. The summed E-state index contributed by atoms with van der Waals surface area (Å²) in [6.45, 7) is 5.11. The molecule has 1 aromatic rings. The predicted molar refractivity (Wildman–Crippen MR) is 56.4 cm³/mol. The number of rotatable bonds is 4. The first-order valence-corrected chi connectivity index (χ1v) is 4.57. The highest BCUT2D eigenvalue weighted by atomic mass is 16.3. The second kappa shape index (κ2) is 4.72. The lowest BCUT2D eigenvalue weighted by Crippen LogP contribution is -2.16. The van der Waals surface area contributed by atoms with Gasteiger partial charge < -0.3 is 5.11 Å². The van der Waals surface area contributed by atoms with Crippen LogP contribution in [-0.2, 0) is 6.42 Å². The number of aliphatic hydroxyl groups is 1. The molecule has 1 aromatic carbocycles. The highest BCUT2D eigenvalue weighted by molar-refractivity contribution is 5.99. The highest BCUT2D eigenvalue weighted by Gasteiger charge is 2.11. The molecule has 0 aliphatic heterocycles. The maximum Gasteiger partial charge on any atom is 0.190 e. The van der Waals surface area contributed by atoms with Crippen LogP contribution in [0.4, 0.5) is 0 Å². The van der Waals surface area contributed by atoms with Crippen LogP contribution in [0.3, 0.4) is 0 Å². The first-order valence-electron chi connectivity index (χ1n) is 4.57. The van der Waals surface area contributed by atoms with Gasteiger partial charge >= 0.3 is 0 Å². The molecule has 14 heavy (non-hydrogen) atoms. The summed E-state index contributed by atoms with van der Waals surface area (Å²) in [6.07, 6.45) is 1.58. The number of hydrogen-bond donors (Lipinski definition) is 1. The molecule has 2 heteroatoms. The van der Waals surface area contributed by atoms with Crippen molar-refractivity contribution in [2.75, 3.05) is 0 Å². The molecule has 0 radical (unpaired) electrons. The monoisotopic (exact) mass is 190 g/mol. The topological polar surface area (TPSA) is 37.3 Å². The second-order valence-electron chi connectivity index (χ2n) is 3.23.